The van der Waals surface area contributed by atoms with Crippen LogP contribution in [0.25, 0.3) is 0 Å². The molecule has 0 spiro atoms. The maximum atomic E-state index is 9.53. The molecule has 0 aliphatic rings. The SMILES string of the molecule is CO/N=C(\C#N)N[C]=O. The summed E-state index contributed by atoms with van der Waals surface area (Å²) in [5, 5.41) is 13.1. The van der Waals surface area contributed by atoms with E-state index in [1.165, 1.54) is 13.5 Å². The lowest BCUT2D eigenvalue weighted by atomic mass is 10.7. The number of hydrogen-bond acceptors (Lipinski definition) is 4. The second-order valence-corrected chi connectivity index (χ2v) is 0.961. The van der Waals surface area contributed by atoms with Gasteiger partial charge in [0, 0.05) is 0 Å². The van der Waals surface area contributed by atoms with Gasteiger partial charge in [-0.3, -0.25) is 10.1 Å². The van der Waals surface area contributed by atoms with Gasteiger partial charge in [0.1, 0.15) is 13.2 Å². The maximum Gasteiger partial charge on any atom is 0.315 e. The average Bonchev–Trinajstić information content (AvgIpc) is 1.88. The molecule has 0 unspecified atom stereocenters. The summed E-state index contributed by atoms with van der Waals surface area (Å²) in [6, 6.07) is 1.56. The van der Waals surface area contributed by atoms with Crippen LogP contribution < -0.4 is 5.32 Å². The first-order valence-electron chi connectivity index (χ1n) is 1.99. The fraction of sp³-hybridized carbons (Fsp3) is 0.250. The van der Waals surface area contributed by atoms with Crippen molar-refractivity contribution in [2.75, 3.05) is 7.11 Å². The topological polar surface area (TPSA) is 74.5 Å². The molecule has 1 N–H and O–H groups in total. The lowest BCUT2D eigenvalue weighted by Crippen LogP contribution is -2.19. The molecule has 0 aliphatic carbocycles. The zero-order chi connectivity index (χ0) is 7.11. The number of nitrogens with zero attached hydrogens (tertiary/aromatic N) is 2. The van der Waals surface area contributed by atoms with E-state index in [-0.39, 0.29) is 5.84 Å². The number of hydrogen-bond donors (Lipinski definition) is 1. The van der Waals surface area contributed by atoms with Gasteiger partial charge >= 0.3 is 6.41 Å². The van der Waals surface area contributed by atoms with Crippen molar-refractivity contribution in [3.05, 3.63) is 0 Å². The molecule has 9 heavy (non-hydrogen) atoms. The van der Waals surface area contributed by atoms with Crippen LogP contribution >= 0.6 is 0 Å². The van der Waals surface area contributed by atoms with Crippen LogP contribution in [0.15, 0.2) is 5.16 Å². The number of amidine groups is 1. The minimum Gasteiger partial charge on any atom is -0.397 e. The van der Waals surface area contributed by atoms with Gasteiger partial charge in [0.25, 0.3) is 5.84 Å². The van der Waals surface area contributed by atoms with Crippen molar-refractivity contribution in [3.8, 4) is 6.07 Å². The molecule has 0 aromatic carbocycles. The molecule has 1 radical (unpaired) electrons. The van der Waals surface area contributed by atoms with Gasteiger partial charge < -0.3 is 4.84 Å². The van der Waals surface area contributed by atoms with E-state index < -0.39 is 0 Å². The predicted octanol–water partition coefficient (Wildman–Crippen LogP) is -0.873. The van der Waals surface area contributed by atoms with Gasteiger partial charge in [0.05, 0.1) is 0 Å². The molecule has 0 fully saturated rings. The van der Waals surface area contributed by atoms with Gasteiger partial charge in [0.15, 0.2) is 0 Å². The summed E-state index contributed by atoms with van der Waals surface area (Å²) in [7, 11) is 1.27. The van der Waals surface area contributed by atoms with E-state index in [1.54, 1.807) is 6.07 Å². The monoisotopic (exact) mass is 126 g/mol. The van der Waals surface area contributed by atoms with E-state index in [4.69, 9.17) is 5.26 Å². The average molecular weight is 126 g/mol. The molecule has 0 heterocycles. The number of oxime groups is 1. The fourth-order valence-corrected chi connectivity index (χ4v) is 0.211. The summed E-state index contributed by atoms with van der Waals surface area (Å²) in [4.78, 5) is 13.7. The fourth-order valence-electron chi connectivity index (χ4n) is 0.211. The molecule has 1 amide bonds. The second kappa shape index (κ2) is 4.59. The normalized spacial score (nSPS) is 9.56. The summed E-state index contributed by atoms with van der Waals surface area (Å²) in [5.41, 5.74) is 0. The van der Waals surface area contributed by atoms with E-state index >= 15 is 0 Å². The van der Waals surface area contributed by atoms with Gasteiger partial charge in [-0.05, 0) is 0 Å². The van der Waals surface area contributed by atoms with Crippen LogP contribution in [-0.2, 0) is 9.63 Å². The first-order chi connectivity index (χ1) is 4.35. The van der Waals surface area contributed by atoms with Crippen molar-refractivity contribution in [2.45, 2.75) is 0 Å². The van der Waals surface area contributed by atoms with Crippen molar-refractivity contribution in [3.63, 3.8) is 0 Å². The maximum absolute atomic E-state index is 9.53. The molecule has 0 rings (SSSR count). The van der Waals surface area contributed by atoms with E-state index in [0.29, 0.717) is 0 Å². The largest absolute Gasteiger partial charge is 0.397 e. The van der Waals surface area contributed by atoms with Crippen molar-refractivity contribution in [1.82, 2.24) is 5.32 Å². The summed E-state index contributed by atoms with van der Waals surface area (Å²) in [5.74, 6) is -0.215. The smallest absolute Gasteiger partial charge is 0.315 e. The highest BCUT2D eigenvalue weighted by molar-refractivity contribution is 6.01. The predicted molar refractivity (Wildman–Crippen MR) is 28.9 cm³/mol. The quantitative estimate of drug-likeness (QED) is 0.226. The van der Waals surface area contributed by atoms with Crippen molar-refractivity contribution in [2.24, 2.45) is 5.16 Å². The number of carbonyl (C=O) groups excluding carboxylic acids is 1. The van der Waals surface area contributed by atoms with Gasteiger partial charge in [-0.1, -0.05) is 5.16 Å². The molecule has 0 saturated carbocycles. The minimum absolute atomic E-state index is 0.215. The lowest BCUT2D eigenvalue weighted by molar-refractivity contribution is 0.213. The van der Waals surface area contributed by atoms with Crippen molar-refractivity contribution in [1.29, 1.82) is 5.26 Å². The molecule has 0 saturated heterocycles. The molecule has 5 heteroatoms. The standard InChI is InChI=1S/C4H4N3O2/c1-9-7-4(2-5)6-3-8/h1H3,(H,6,7,8). The summed E-state index contributed by atoms with van der Waals surface area (Å²) >= 11 is 0. The Morgan fingerprint density at radius 3 is 2.89 bits per heavy atom. The number of amides is 1. The Morgan fingerprint density at radius 1 is 1.89 bits per heavy atom. The second-order valence-electron chi connectivity index (χ2n) is 0.961. The number of nitriles is 1. The van der Waals surface area contributed by atoms with Crippen LogP contribution in [0.2, 0.25) is 0 Å². The van der Waals surface area contributed by atoms with Crippen LogP contribution in [-0.4, -0.2) is 19.4 Å². The van der Waals surface area contributed by atoms with E-state index in [0.717, 1.165) is 0 Å². The van der Waals surface area contributed by atoms with Crippen LogP contribution in [0.5, 0.6) is 0 Å². The van der Waals surface area contributed by atoms with Gasteiger partial charge in [0.2, 0.25) is 0 Å². The first-order valence-corrected chi connectivity index (χ1v) is 1.99. The lowest BCUT2D eigenvalue weighted by Gasteiger charge is -1.88. The highest BCUT2D eigenvalue weighted by atomic mass is 16.6. The van der Waals surface area contributed by atoms with Crippen LogP contribution in [0.3, 0.4) is 0 Å². The van der Waals surface area contributed by atoms with Crippen LogP contribution in [0, 0.1) is 11.3 Å². The third kappa shape index (κ3) is 3.05. The number of rotatable bonds is 2. The van der Waals surface area contributed by atoms with Gasteiger partial charge in [-0.25, -0.2) is 0 Å². The molecular weight excluding hydrogens is 122 g/mol. The van der Waals surface area contributed by atoms with E-state index in [9.17, 15) is 4.79 Å². The third-order valence-corrected chi connectivity index (χ3v) is 0.458. The first kappa shape index (κ1) is 7.43. The molecule has 0 aliphatic heterocycles. The molecule has 5 nitrogen and oxygen atoms in total. The van der Waals surface area contributed by atoms with E-state index in [2.05, 4.69) is 9.99 Å². The van der Waals surface area contributed by atoms with Gasteiger partial charge in [-0.2, -0.15) is 5.26 Å². The summed E-state index contributed by atoms with van der Waals surface area (Å²) < 4.78 is 0. The van der Waals surface area contributed by atoms with E-state index in [1.807, 2.05) is 5.32 Å². The zero-order valence-corrected chi connectivity index (χ0v) is 4.71. The molecule has 0 aromatic heterocycles. The van der Waals surface area contributed by atoms with Crippen molar-refractivity contribution >= 4 is 12.2 Å². The molecule has 47 valence electrons. The summed E-state index contributed by atoms with van der Waals surface area (Å²) in [6.45, 7) is 0. The molecular formula is C4H4N3O2. The number of nitrogens with one attached hydrogen (secondary N) is 1. The molecule has 0 aromatic rings. The Kier molecular flexibility index (Phi) is 3.79. The van der Waals surface area contributed by atoms with Crippen molar-refractivity contribution < 1.29 is 9.63 Å². The van der Waals surface area contributed by atoms with Gasteiger partial charge in [-0.15, -0.1) is 0 Å². The Labute approximate surface area is 51.9 Å². The zero-order valence-electron chi connectivity index (χ0n) is 4.71. The Bertz CT molecular complexity index is 158. The van der Waals surface area contributed by atoms with Crippen LogP contribution in [0.1, 0.15) is 0 Å². The highest BCUT2D eigenvalue weighted by Crippen LogP contribution is 1.69. The Hall–Kier alpha value is -1.57. The third-order valence-electron chi connectivity index (χ3n) is 0.458. The Balaban J connectivity index is 3.85. The Morgan fingerprint density at radius 2 is 2.56 bits per heavy atom. The molecule has 0 atom stereocenters. The highest BCUT2D eigenvalue weighted by Gasteiger charge is 1.91. The minimum atomic E-state index is -0.215. The summed E-state index contributed by atoms with van der Waals surface area (Å²) in [6.07, 6.45) is 1.27. The van der Waals surface area contributed by atoms with Crippen LogP contribution in [0.4, 0.5) is 0 Å². The molecule has 0 bridgehead atoms.